The smallest absolute Gasteiger partial charge is 0.231 e. The van der Waals surface area contributed by atoms with E-state index in [1.54, 1.807) is 12.5 Å². The third-order valence-electron chi connectivity index (χ3n) is 4.80. The fourth-order valence-electron chi connectivity index (χ4n) is 3.33. The van der Waals surface area contributed by atoms with Gasteiger partial charge in [-0.1, -0.05) is 30.3 Å². The van der Waals surface area contributed by atoms with Crippen LogP contribution in [0.25, 0.3) is 0 Å². The average Bonchev–Trinajstić information content (AvgIpc) is 2.66. The average molecular weight is 352 g/mol. The third kappa shape index (κ3) is 4.23. The van der Waals surface area contributed by atoms with Gasteiger partial charge in [-0.3, -0.25) is 9.59 Å². The number of fused-ring (bicyclic) bond motifs is 1. The monoisotopic (exact) mass is 352 g/mol. The second-order valence-electron chi connectivity index (χ2n) is 6.81. The number of carbonyl (C=O) groups is 2. The van der Waals surface area contributed by atoms with Gasteiger partial charge in [-0.15, -0.1) is 0 Å². The second-order valence-corrected chi connectivity index (χ2v) is 6.81. The SMILES string of the molecule is CC(=O)NCC1CC2=COC=CC2=C(NC(=O)C(C)c2ccccc2)C1. The lowest BCUT2D eigenvalue weighted by molar-refractivity contribution is -0.122. The van der Waals surface area contributed by atoms with Crippen LogP contribution in [0.5, 0.6) is 0 Å². The van der Waals surface area contributed by atoms with Crippen LogP contribution in [0.3, 0.4) is 0 Å². The van der Waals surface area contributed by atoms with Crippen LogP contribution in [-0.4, -0.2) is 18.4 Å². The molecule has 2 atom stereocenters. The van der Waals surface area contributed by atoms with E-state index in [2.05, 4.69) is 10.6 Å². The number of rotatable bonds is 5. The maximum Gasteiger partial charge on any atom is 0.231 e. The second kappa shape index (κ2) is 8.04. The van der Waals surface area contributed by atoms with Gasteiger partial charge >= 0.3 is 0 Å². The molecule has 2 N–H and O–H groups in total. The Morgan fingerprint density at radius 2 is 2.00 bits per heavy atom. The largest absolute Gasteiger partial charge is 0.472 e. The molecule has 0 spiro atoms. The number of allylic oxidation sites excluding steroid dienone is 4. The van der Waals surface area contributed by atoms with E-state index >= 15 is 0 Å². The molecule has 0 saturated heterocycles. The van der Waals surface area contributed by atoms with E-state index in [9.17, 15) is 9.59 Å². The highest BCUT2D eigenvalue weighted by atomic mass is 16.5. The Morgan fingerprint density at radius 1 is 1.23 bits per heavy atom. The highest BCUT2D eigenvalue weighted by molar-refractivity contribution is 5.85. The number of hydrogen-bond donors (Lipinski definition) is 2. The van der Waals surface area contributed by atoms with Gasteiger partial charge in [0.15, 0.2) is 0 Å². The normalized spacial score (nSPS) is 19.8. The molecular formula is C21H24N2O3. The molecule has 2 unspecified atom stereocenters. The summed E-state index contributed by atoms with van der Waals surface area (Å²) in [7, 11) is 0. The van der Waals surface area contributed by atoms with E-state index in [-0.39, 0.29) is 23.7 Å². The molecule has 1 aromatic rings. The van der Waals surface area contributed by atoms with Gasteiger partial charge in [-0.25, -0.2) is 0 Å². The summed E-state index contributed by atoms with van der Waals surface area (Å²) in [6.07, 6.45) is 6.77. The van der Waals surface area contributed by atoms with Crippen molar-refractivity contribution in [3.8, 4) is 0 Å². The predicted octanol–water partition coefficient (Wildman–Crippen LogP) is 3.13. The first-order valence-corrected chi connectivity index (χ1v) is 8.89. The lowest BCUT2D eigenvalue weighted by Gasteiger charge is -2.30. The van der Waals surface area contributed by atoms with Crippen molar-refractivity contribution in [2.24, 2.45) is 5.92 Å². The predicted molar refractivity (Wildman–Crippen MR) is 99.7 cm³/mol. The maximum atomic E-state index is 12.8. The van der Waals surface area contributed by atoms with Crippen molar-refractivity contribution < 1.29 is 14.3 Å². The molecule has 136 valence electrons. The summed E-state index contributed by atoms with van der Waals surface area (Å²) in [5.74, 6) is -0.0856. The van der Waals surface area contributed by atoms with E-state index in [0.717, 1.165) is 28.8 Å². The van der Waals surface area contributed by atoms with E-state index in [1.165, 1.54) is 6.92 Å². The molecule has 5 heteroatoms. The quantitative estimate of drug-likeness (QED) is 0.855. The minimum absolute atomic E-state index is 0.0295. The van der Waals surface area contributed by atoms with Crippen molar-refractivity contribution in [2.45, 2.75) is 32.6 Å². The van der Waals surface area contributed by atoms with Crippen LogP contribution in [0.2, 0.25) is 0 Å². The first kappa shape index (κ1) is 18.0. The van der Waals surface area contributed by atoms with Gasteiger partial charge in [0.2, 0.25) is 11.8 Å². The Labute approximate surface area is 153 Å². The summed E-state index contributed by atoms with van der Waals surface area (Å²) in [5.41, 5.74) is 3.95. The van der Waals surface area contributed by atoms with E-state index in [4.69, 9.17) is 4.74 Å². The highest BCUT2D eigenvalue weighted by Gasteiger charge is 2.27. The Bertz CT molecular complexity index is 778. The molecule has 26 heavy (non-hydrogen) atoms. The van der Waals surface area contributed by atoms with Gasteiger partial charge < -0.3 is 15.4 Å². The zero-order chi connectivity index (χ0) is 18.5. The van der Waals surface area contributed by atoms with Crippen molar-refractivity contribution in [1.29, 1.82) is 0 Å². The zero-order valence-corrected chi connectivity index (χ0v) is 15.1. The van der Waals surface area contributed by atoms with Crippen LogP contribution < -0.4 is 10.6 Å². The Balaban J connectivity index is 1.77. The first-order valence-electron chi connectivity index (χ1n) is 8.89. The summed E-state index contributed by atoms with van der Waals surface area (Å²) >= 11 is 0. The maximum absolute atomic E-state index is 12.8. The number of hydrogen-bond acceptors (Lipinski definition) is 3. The molecule has 1 aliphatic carbocycles. The van der Waals surface area contributed by atoms with Crippen molar-refractivity contribution in [1.82, 2.24) is 10.6 Å². The Morgan fingerprint density at radius 3 is 2.73 bits per heavy atom. The summed E-state index contributed by atoms with van der Waals surface area (Å²) in [6, 6.07) is 9.74. The molecule has 0 fully saturated rings. The molecule has 0 bridgehead atoms. The standard InChI is InChI=1S/C21H24N2O3/c1-14(17-6-4-3-5-7-17)21(25)23-20-11-16(12-22-15(2)24)10-18-13-26-9-8-19(18)20/h3-9,13-14,16H,10-12H2,1-2H3,(H,22,24)(H,23,25). The number of ether oxygens (including phenoxy) is 1. The summed E-state index contributed by atoms with van der Waals surface area (Å²) in [5, 5.41) is 5.99. The number of nitrogens with one attached hydrogen (secondary N) is 2. The number of amides is 2. The van der Waals surface area contributed by atoms with E-state index in [0.29, 0.717) is 13.0 Å². The molecule has 1 aliphatic heterocycles. The molecule has 0 aromatic heterocycles. The van der Waals surface area contributed by atoms with Crippen LogP contribution in [0.15, 0.2) is 65.8 Å². The molecular weight excluding hydrogens is 328 g/mol. The minimum atomic E-state index is -0.240. The molecule has 2 amide bonds. The van der Waals surface area contributed by atoms with Crippen molar-refractivity contribution in [3.05, 3.63) is 71.3 Å². The molecule has 2 aliphatic rings. The fraction of sp³-hybridized carbons (Fsp3) is 0.333. The van der Waals surface area contributed by atoms with Crippen molar-refractivity contribution in [2.75, 3.05) is 6.54 Å². The number of carbonyl (C=O) groups excluding carboxylic acids is 2. The molecule has 1 heterocycles. The van der Waals surface area contributed by atoms with Gasteiger partial charge in [0.05, 0.1) is 18.4 Å². The fourth-order valence-corrected chi connectivity index (χ4v) is 3.33. The van der Waals surface area contributed by atoms with Crippen LogP contribution in [0.4, 0.5) is 0 Å². The van der Waals surface area contributed by atoms with Gasteiger partial charge in [-0.05, 0) is 42.9 Å². The molecule has 3 rings (SSSR count). The van der Waals surface area contributed by atoms with Crippen LogP contribution >= 0.6 is 0 Å². The van der Waals surface area contributed by atoms with E-state index < -0.39 is 0 Å². The summed E-state index contributed by atoms with van der Waals surface area (Å²) in [6.45, 7) is 4.00. The summed E-state index contributed by atoms with van der Waals surface area (Å²) < 4.78 is 5.31. The topological polar surface area (TPSA) is 67.4 Å². The Kier molecular flexibility index (Phi) is 5.56. The molecule has 0 radical (unpaired) electrons. The first-order chi connectivity index (χ1) is 12.5. The number of benzene rings is 1. The van der Waals surface area contributed by atoms with Crippen LogP contribution in [0.1, 0.15) is 38.2 Å². The Hall–Kier alpha value is -2.82. The molecule has 0 saturated carbocycles. The van der Waals surface area contributed by atoms with Gasteiger partial charge in [0, 0.05) is 24.7 Å². The zero-order valence-electron chi connectivity index (χ0n) is 15.1. The summed E-state index contributed by atoms with van der Waals surface area (Å²) in [4.78, 5) is 24.0. The minimum Gasteiger partial charge on any atom is -0.472 e. The lowest BCUT2D eigenvalue weighted by Crippen LogP contribution is -2.35. The van der Waals surface area contributed by atoms with Crippen LogP contribution in [-0.2, 0) is 14.3 Å². The lowest BCUT2D eigenvalue weighted by atomic mass is 9.83. The molecule has 1 aromatic carbocycles. The van der Waals surface area contributed by atoms with Gasteiger partial charge in [0.1, 0.15) is 0 Å². The highest BCUT2D eigenvalue weighted by Crippen LogP contribution is 2.35. The third-order valence-corrected chi connectivity index (χ3v) is 4.80. The van der Waals surface area contributed by atoms with Crippen LogP contribution in [0, 0.1) is 5.92 Å². The van der Waals surface area contributed by atoms with Crippen molar-refractivity contribution in [3.63, 3.8) is 0 Å². The van der Waals surface area contributed by atoms with Gasteiger partial charge in [0.25, 0.3) is 0 Å². The van der Waals surface area contributed by atoms with Crippen molar-refractivity contribution >= 4 is 11.8 Å². The molecule has 5 nitrogen and oxygen atoms in total. The van der Waals surface area contributed by atoms with E-state index in [1.807, 2.05) is 43.3 Å². The van der Waals surface area contributed by atoms with Gasteiger partial charge in [-0.2, -0.15) is 0 Å².